The van der Waals surface area contributed by atoms with E-state index in [-0.39, 0.29) is 17.0 Å². The first-order valence-corrected chi connectivity index (χ1v) is 9.43. The third-order valence-electron chi connectivity index (χ3n) is 3.45. The standard InChI is InChI=1S/C18H18ClN3O3S/c1-4-11-20-26(24,25)14-8-5-7-13(12-14)18(23)21-16-10-6-9-15(19)17(16)22(2)3/h1,5-10,12,20H,11H2,2-3H3,(H,21,23). The average molecular weight is 392 g/mol. The van der Waals surface area contributed by atoms with E-state index in [0.717, 1.165) is 0 Å². The van der Waals surface area contributed by atoms with E-state index < -0.39 is 15.9 Å². The molecule has 136 valence electrons. The molecule has 0 spiro atoms. The van der Waals surface area contributed by atoms with Crippen LogP contribution < -0.4 is 14.9 Å². The first-order valence-electron chi connectivity index (χ1n) is 7.56. The molecule has 0 aliphatic carbocycles. The minimum Gasteiger partial charge on any atom is -0.375 e. The smallest absolute Gasteiger partial charge is 0.255 e. The van der Waals surface area contributed by atoms with Crippen molar-refractivity contribution < 1.29 is 13.2 Å². The Labute approximate surface area is 158 Å². The summed E-state index contributed by atoms with van der Waals surface area (Å²) in [6.45, 7) is -0.131. The van der Waals surface area contributed by atoms with Crippen molar-refractivity contribution in [1.29, 1.82) is 0 Å². The predicted octanol–water partition coefficient (Wildman–Crippen LogP) is 2.57. The van der Waals surface area contributed by atoms with Gasteiger partial charge in [-0.15, -0.1) is 6.42 Å². The molecule has 0 radical (unpaired) electrons. The number of sulfonamides is 1. The predicted molar refractivity (Wildman–Crippen MR) is 104 cm³/mol. The average Bonchev–Trinajstić information content (AvgIpc) is 2.60. The van der Waals surface area contributed by atoms with Crippen LogP contribution in [0.15, 0.2) is 47.4 Å². The van der Waals surface area contributed by atoms with Crippen LogP contribution in [-0.2, 0) is 10.0 Å². The maximum atomic E-state index is 12.6. The fourth-order valence-corrected chi connectivity index (χ4v) is 3.61. The molecule has 2 aromatic rings. The SMILES string of the molecule is C#CCNS(=O)(=O)c1cccc(C(=O)Nc2cccc(Cl)c2N(C)C)c1. The van der Waals surface area contributed by atoms with Gasteiger partial charge in [0.1, 0.15) is 0 Å². The summed E-state index contributed by atoms with van der Waals surface area (Å²) in [4.78, 5) is 14.3. The first-order chi connectivity index (χ1) is 12.3. The van der Waals surface area contributed by atoms with Crippen LogP contribution in [0.25, 0.3) is 0 Å². The molecular weight excluding hydrogens is 374 g/mol. The van der Waals surface area contributed by atoms with E-state index >= 15 is 0 Å². The number of rotatable bonds is 6. The van der Waals surface area contributed by atoms with Crippen molar-refractivity contribution in [2.24, 2.45) is 0 Å². The van der Waals surface area contributed by atoms with Crippen molar-refractivity contribution >= 4 is 38.9 Å². The number of benzene rings is 2. The van der Waals surface area contributed by atoms with Crippen LogP contribution >= 0.6 is 11.6 Å². The first kappa shape index (κ1) is 19.8. The summed E-state index contributed by atoms with van der Waals surface area (Å²) in [5, 5.41) is 3.25. The second-order valence-electron chi connectivity index (χ2n) is 5.54. The molecule has 2 rings (SSSR count). The van der Waals surface area contributed by atoms with Crippen molar-refractivity contribution in [2.45, 2.75) is 4.90 Å². The molecule has 0 saturated heterocycles. The molecule has 0 bridgehead atoms. The summed E-state index contributed by atoms with van der Waals surface area (Å²) in [7, 11) is -0.168. The Hall–Kier alpha value is -2.53. The van der Waals surface area contributed by atoms with Crippen molar-refractivity contribution in [3.63, 3.8) is 0 Å². The number of terminal acetylenes is 1. The minimum atomic E-state index is -3.78. The van der Waals surface area contributed by atoms with Gasteiger partial charge in [0.25, 0.3) is 5.91 Å². The van der Waals surface area contributed by atoms with Crippen molar-refractivity contribution in [1.82, 2.24) is 4.72 Å². The van der Waals surface area contributed by atoms with Gasteiger partial charge in [-0.05, 0) is 30.3 Å². The Kier molecular flexibility index (Phi) is 6.27. The highest BCUT2D eigenvalue weighted by Gasteiger charge is 2.17. The van der Waals surface area contributed by atoms with Gasteiger partial charge in [-0.1, -0.05) is 29.7 Å². The topological polar surface area (TPSA) is 78.5 Å². The molecule has 26 heavy (non-hydrogen) atoms. The lowest BCUT2D eigenvalue weighted by molar-refractivity contribution is 0.102. The van der Waals surface area contributed by atoms with Gasteiger partial charge in [0.15, 0.2) is 0 Å². The fourth-order valence-electron chi connectivity index (χ4n) is 2.29. The Morgan fingerprint density at radius 1 is 1.23 bits per heavy atom. The Balaban J connectivity index is 2.31. The zero-order valence-electron chi connectivity index (χ0n) is 14.3. The molecule has 8 heteroatoms. The highest BCUT2D eigenvalue weighted by atomic mass is 35.5. The largest absolute Gasteiger partial charge is 0.375 e. The van der Waals surface area contributed by atoms with E-state index in [1.54, 1.807) is 37.2 Å². The zero-order valence-corrected chi connectivity index (χ0v) is 15.9. The van der Waals surface area contributed by atoms with Gasteiger partial charge in [-0.2, -0.15) is 4.72 Å². The van der Waals surface area contributed by atoms with Crippen LogP contribution in [0.1, 0.15) is 10.4 Å². The van der Waals surface area contributed by atoms with Crippen LogP contribution in [0.2, 0.25) is 5.02 Å². The van der Waals surface area contributed by atoms with Crippen molar-refractivity contribution in [3.05, 3.63) is 53.1 Å². The van der Waals surface area contributed by atoms with Crippen molar-refractivity contribution in [2.75, 3.05) is 30.9 Å². The number of para-hydroxylation sites is 1. The minimum absolute atomic E-state index is 0.0423. The zero-order chi connectivity index (χ0) is 19.3. The lowest BCUT2D eigenvalue weighted by Crippen LogP contribution is -2.24. The molecule has 0 aliphatic heterocycles. The molecule has 2 N–H and O–H groups in total. The molecule has 0 unspecified atom stereocenters. The number of carbonyl (C=O) groups excluding carboxylic acids is 1. The molecule has 0 saturated carbocycles. The summed E-state index contributed by atoms with van der Waals surface area (Å²) < 4.78 is 26.6. The third-order valence-corrected chi connectivity index (χ3v) is 5.16. The maximum absolute atomic E-state index is 12.6. The third kappa shape index (κ3) is 4.55. The Morgan fingerprint density at radius 2 is 1.92 bits per heavy atom. The summed E-state index contributed by atoms with van der Waals surface area (Å²) in [5.41, 5.74) is 1.37. The molecular formula is C18H18ClN3O3S. The van der Waals surface area contributed by atoms with E-state index in [4.69, 9.17) is 18.0 Å². The van der Waals surface area contributed by atoms with Crippen LogP contribution in [-0.4, -0.2) is 35.0 Å². The summed E-state index contributed by atoms with van der Waals surface area (Å²) in [5.74, 6) is 1.74. The molecule has 0 heterocycles. The second-order valence-corrected chi connectivity index (χ2v) is 7.72. The van der Waals surface area contributed by atoms with Gasteiger partial charge in [0.05, 0.1) is 27.8 Å². The number of amides is 1. The van der Waals surface area contributed by atoms with Crippen molar-refractivity contribution in [3.8, 4) is 12.3 Å². The Morgan fingerprint density at radius 3 is 2.58 bits per heavy atom. The van der Waals surface area contributed by atoms with Crippen LogP contribution in [0, 0.1) is 12.3 Å². The lowest BCUT2D eigenvalue weighted by atomic mass is 10.2. The summed E-state index contributed by atoms with van der Waals surface area (Å²) >= 11 is 6.19. The molecule has 1 amide bonds. The molecule has 6 nitrogen and oxygen atoms in total. The van der Waals surface area contributed by atoms with Gasteiger partial charge in [-0.25, -0.2) is 8.42 Å². The second kappa shape index (κ2) is 8.23. The van der Waals surface area contributed by atoms with Gasteiger partial charge in [0.2, 0.25) is 10.0 Å². The molecule has 0 aromatic heterocycles. The molecule has 0 atom stereocenters. The lowest BCUT2D eigenvalue weighted by Gasteiger charge is -2.19. The van der Waals surface area contributed by atoms with E-state index in [1.807, 2.05) is 0 Å². The number of anilines is 2. The number of hydrogen-bond acceptors (Lipinski definition) is 4. The fraction of sp³-hybridized carbons (Fsp3) is 0.167. The van der Waals surface area contributed by atoms with E-state index in [1.165, 1.54) is 24.3 Å². The summed E-state index contributed by atoms with van der Waals surface area (Å²) in [6.07, 6.45) is 5.07. The number of hydrogen-bond donors (Lipinski definition) is 2. The Bertz CT molecular complexity index is 966. The summed E-state index contributed by atoms with van der Waals surface area (Å²) in [6, 6.07) is 10.8. The molecule has 0 aliphatic rings. The van der Waals surface area contributed by atoms with Crippen LogP contribution in [0.3, 0.4) is 0 Å². The number of nitrogens with zero attached hydrogens (tertiary/aromatic N) is 1. The quantitative estimate of drug-likeness (QED) is 0.742. The van der Waals surface area contributed by atoms with Crippen LogP contribution in [0.4, 0.5) is 11.4 Å². The maximum Gasteiger partial charge on any atom is 0.255 e. The highest BCUT2D eigenvalue weighted by Crippen LogP contribution is 2.32. The van der Waals surface area contributed by atoms with Gasteiger partial charge in [-0.3, -0.25) is 4.79 Å². The molecule has 2 aromatic carbocycles. The normalized spacial score (nSPS) is 10.8. The number of nitrogens with one attached hydrogen (secondary N) is 2. The number of halogens is 1. The van der Waals surface area contributed by atoms with Gasteiger partial charge < -0.3 is 10.2 Å². The van der Waals surface area contributed by atoms with E-state index in [9.17, 15) is 13.2 Å². The van der Waals surface area contributed by atoms with E-state index in [2.05, 4.69) is 16.0 Å². The van der Waals surface area contributed by atoms with Gasteiger partial charge in [0, 0.05) is 19.7 Å². The van der Waals surface area contributed by atoms with Crippen LogP contribution in [0.5, 0.6) is 0 Å². The molecule has 0 fully saturated rings. The van der Waals surface area contributed by atoms with Gasteiger partial charge >= 0.3 is 0 Å². The monoisotopic (exact) mass is 391 g/mol. The highest BCUT2D eigenvalue weighted by molar-refractivity contribution is 7.89. The van der Waals surface area contributed by atoms with E-state index in [0.29, 0.717) is 16.4 Å². The number of carbonyl (C=O) groups is 1.